The molecule has 2 heterocycles. The molecule has 1 aliphatic heterocycles. The molecule has 0 bridgehead atoms. The lowest BCUT2D eigenvalue weighted by atomic mass is 10.1. The first-order valence-corrected chi connectivity index (χ1v) is 9.79. The average molecular weight is 414 g/mol. The Labute approximate surface area is 170 Å². The van der Waals surface area contributed by atoms with E-state index in [9.17, 15) is 9.59 Å². The number of hydrogen-bond acceptors (Lipinski definition) is 5. The summed E-state index contributed by atoms with van der Waals surface area (Å²) in [5, 5.41) is 5.70. The van der Waals surface area contributed by atoms with E-state index in [1.54, 1.807) is 43.1 Å². The van der Waals surface area contributed by atoms with Crippen LogP contribution in [0.15, 0.2) is 47.8 Å². The van der Waals surface area contributed by atoms with Gasteiger partial charge in [-0.15, -0.1) is 11.3 Å². The van der Waals surface area contributed by atoms with Gasteiger partial charge in [-0.2, -0.15) is 0 Å². The number of amides is 2. The molecule has 8 heteroatoms. The molecule has 2 aromatic carbocycles. The first kappa shape index (κ1) is 18.5. The van der Waals surface area contributed by atoms with E-state index >= 15 is 0 Å². The molecule has 6 nitrogen and oxygen atoms in total. The number of halogens is 1. The molecule has 0 aliphatic carbocycles. The molecule has 142 valence electrons. The predicted octanol–water partition coefficient (Wildman–Crippen LogP) is 4.46. The Kier molecular flexibility index (Phi) is 4.78. The van der Waals surface area contributed by atoms with Crippen LogP contribution in [-0.2, 0) is 4.79 Å². The van der Waals surface area contributed by atoms with Crippen molar-refractivity contribution in [2.45, 2.75) is 13.0 Å². The van der Waals surface area contributed by atoms with Gasteiger partial charge in [0.2, 0.25) is 0 Å². The van der Waals surface area contributed by atoms with Gasteiger partial charge in [0.05, 0.1) is 11.4 Å². The van der Waals surface area contributed by atoms with E-state index in [0.29, 0.717) is 32.8 Å². The van der Waals surface area contributed by atoms with Crippen molar-refractivity contribution in [1.82, 2.24) is 4.98 Å². The van der Waals surface area contributed by atoms with E-state index < -0.39 is 6.10 Å². The van der Waals surface area contributed by atoms with E-state index in [1.807, 2.05) is 23.6 Å². The minimum atomic E-state index is -0.502. The molecule has 28 heavy (non-hydrogen) atoms. The van der Waals surface area contributed by atoms with Crippen LogP contribution in [0.4, 0.5) is 10.8 Å². The first-order valence-electron chi connectivity index (χ1n) is 8.53. The van der Waals surface area contributed by atoms with Crippen LogP contribution in [0.25, 0.3) is 11.3 Å². The van der Waals surface area contributed by atoms with Crippen molar-refractivity contribution < 1.29 is 14.3 Å². The van der Waals surface area contributed by atoms with E-state index in [0.717, 1.165) is 5.56 Å². The minimum Gasteiger partial charge on any atom is -0.479 e. The van der Waals surface area contributed by atoms with Gasteiger partial charge < -0.3 is 9.64 Å². The molecule has 2 amide bonds. The second-order valence-corrected chi connectivity index (χ2v) is 7.63. The fraction of sp³-hybridized carbons (Fsp3) is 0.150. The number of likely N-dealkylation sites (N-methyl/N-ethyl adjacent to an activating group) is 1. The zero-order chi connectivity index (χ0) is 19.8. The normalized spacial score (nSPS) is 15.8. The number of nitrogens with zero attached hydrogens (tertiary/aromatic N) is 2. The largest absolute Gasteiger partial charge is 0.479 e. The van der Waals surface area contributed by atoms with Gasteiger partial charge in [-0.3, -0.25) is 14.9 Å². The summed E-state index contributed by atoms with van der Waals surface area (Å²) >= 11 is 7.18. The maximum absolute atomic E-state index is 12.3. The maximum atomic E-state index is 12.3. The number of aromatic nitrogens is 1. The number of nitrogens with one attached hydrogen (secondary N) is 1. The summed E-state index contributed by atoms with van der Waals surface area (Å²) in [6.45, 7) is 1.73. The molecular formula is C20H16ClN3O3S. The van der Waals surface area contributed by atoms with Crippen molar-refractivity contribution in [2.75, 3.05) is 17.3 Å². The molecule has 0 saturated carbocycles. The number of anilines is 2. The third kappa shape index (κ3) is 3.46. The van der Waals surface area contributed by atoms with Crippen LogP contribution < -0.4 is 15.0 Å². The van der Waals surface area contributed by atoms with Crippen molar-refractivity contribution in [3.63, 3.8) is 0 Å². The van der Waals surface area contributed by atoms with Gasteiger partial charge in [0.15, 0.2) is 11.2 Å². The monoisotopic (exact) mass is 413 g/mol. The number of thiazole rings is 1. The fourth-order valence-electron chi connectivity index (χ4n) is 2.91. The van der Waals surface area contributed by atoms with Gasteiger partial charge >= 0.3 is 0 Å². The number of fused-ring (bicyclic) bond motifs is 1. The van der Waals surface area contributed by atoms with Crippen molar-refractivity contribution >= 4 is 45.6 Å². The molecular weight excluding hydrogens is 398 g/mol. The quantitative estimate of drug-likeness (QED) is 0.688. The maximum Gasteiger partial charge on any atom is 0.267 e. The van der Waals surface area contributed by atoms with Crippen LogP contribution in [0.2, 0.25) is 5.02 Å². The van der Waals surface area contributed by atoms with Crippen LogP contribution in [0, 0.1) is 0 Å². The Morgan fingerprint density at radius 3 is 2.75 bits per heavy atom. The summed E-state index contributed by atoms with van der Waals surface area (Å²) in [4.78, 5) is 30.5. The molecule has 1 aliphatic rings. The number of ether oxygens (including phenoxy) is 1. The Balaban J connectivity index is 1.55. The van der Waals surface area contributed by atoms with E-state index in [2.05, 4.69) is 10.3 Å². The Hall–Kier alpha value is -2.90. The van der Waals surface area contributed by atoms with Gasteiger partial charge in [0.25, 0.3) is 11.8 Å². The number of benzene rings is 2. The second-order valence-electron chi connectivity index (χ2n) is 6.34. The topological polar surface area (TPSA) is 71.5 Å². The van der Waals surface area contributed by atoms with Crippen molar-refractivity contribution in [3.05, 3.63) is 58.4 Å². The minimum absolute atomic E-state index is 0.0983. The Morgan fingerprint density at radius 1 is 1.25 bits per heavy atom. The van der Waals surface area contributed by atoms with Crippen LogP contribution in [-0.4, -0.2) is 29.9 Å². The highest BCUT2D eigenvalue weighted by Crippen LogP contribution is 2.37. The number of rotatable bonds is 3. The molecule has 0 fully saturated rings. The second kappa shape index (κ2) is 7.26. The van der Waals surface area contributed by atoms with E-state index in [4.69, 9.17) is 16.3 Å². The summed E-state index contributed by atoms with van der Waals surface area (Å²) in [7, 11) is 1.72. The molecule has 1 aromatic heterocycles. The lowest BCUT2D eigenvalue weighted by Crippen LogP contribution is -2.41. The molecule has 4 rings (SSSR count). The molecule has 1 N–H and O–H groups in total. The Morgan fingerprint density at radius 2 is 2.00 bits per heavy atom. The van der Waals surface area contributed by atoms with Gasteiger partial charge in [-0.1, -0.05) is 11.6 Å². The third-order valence-corrected chi connectivity index (χ3v) is 5.44. The molecule has 1 unspecified atom stereocenters. The standard InChI is InChI=1S/C20H16ClN3O3S/c1-11-19(26)24(2)16-9-13(5-8-17(16)27-11)15-10-28-20(22-15)23-18(25)12-3-6-14(21)7-4-12/h3-11H,1-2H3,(H,22,23,25). The van der Waals surface area contributed by atoms with E-state index in [-0.39, 0.29) is 11.8 Å². The van der Waals surface area contributed by atoms with Gasteiger partial charge in [-0.05, 0) is 49.4 Å². The lowest BCUT2D eigenvalue weighted by Gasteiger charge is -2.30. The van der Waals surface area contributed by atoms with Gasteiger partial charge in [-0.25, -0.2) is 4.98 Å². The van der Waals surface area contributed by atoms with Gasteiger partial charge in [0, 0.05) is 28.6 Å². The number of carbonyl (C=O) groups excluding carboxylic acids is 2. The van der Waals surface area contributed by atoms with Crippen LogP contribution in [0.5, 0.6) is 5.75 Å². The first-order chi connectivity index (χ1) is 13.4. The SMILES string of the molecule is CC1Oc2ccc(-c3csc(NC(=O)c4ccc(Cl)cc4)n3)cc2N(C)C1=O. The smallest absolute Gasteiger partial charge is 0.267 e. The molecule has 0 radical (unpaired) electrons. The summed E-state index contributed by atoms with van der Waals surface area (Å²) in [6.07, 6.45) is -0.502. The summed E-state index contributed by atoms with van der Waals surface area (Å²) in [5.41, 5.74) is 2.74. The van der Waals surface area contributed by atoms with Gasteiger partial charge in [0.1, 0.15) is 5.75 Å². The van der Waals surface area contributed by atoms with E-state index in [1.165, 1.54) is 11.3 Å². The highest BCUT2D eigenvalue weighted by Gasteiger charge is 2.29. The van der Waals surface area contributed by atoms with Crippen LogP contribution in [0.1, 0.15) is 17.3 Å². The zero-order valence-electron chi connectivity index (χ0n) is 15.1. The molecule has 1 atom stereocenters. The summed E-state index contributed by atoms with van der Waals surface area (Å²) < 4.78 is 5.65. The third-order valence-electron chi connectivity index (χ3n) is 4.43. The highest BCUT2D eigenvalue weighted by atomic mass is 35.5. The zero-order valence-corrected chi connectivity index (χ0v) is 16.7. The molecule has 0 saturated heterocycles. The predicted molar refractivity (Wildman–Crippen MR) is 110 cm³/mol. The van der Waals surface area contributed by atoms with Crippen LogP contribution >= 0.6 is 22.9 Å². The number of carbonyl (C=O) groups is 2. The highest BCUT2D eigenvalue weighted by molar-refractivity contribution is 7.14. The van der Waals surface area contributed by atoms with Crippen molar-refractivity contribution in [1.29, 1.82) is 0 Å². The molecule has 3 aromatic rings. The lowest BCUT2D eigenvalue weighted by molar-refractivity contribution is -0.125. The van der Waals surface area contributed by atoms with Crippen molar-refractivity contribution in [3.8, 4) is 17.0 Å². The summed E-state index contributed by atoms with van der Waals surface area (Å²) in [5.74, 6) is 0.305. The summed E-state index contributed by atoms with van der Waals surface area (Å²) in [6, 6.07) is 12.2. The average Bonchev–Trinajstić information content (AvgIpc) is 3.15. The number of hydrogen-bond donors (Lipinski definition) is 1. The van der Waals surface area contributed by atoms with Crippen molar-refractivity contribution in [2.24, 2.45) is 0 Å². The Bertz CT molecular complexity index is 1060. The molecule has 0 spiro atoms. The van der Waals surface area contributed by atoms with Crippen LogP contribution in [0.3, 0.4) is 0 Å². The fourth-order valence-corrected chi connectivity index (χ4v) is 3.75.